The van der Waals surface area contributed by atoms with E-state index in [4.69, 9.17) is 10.5 Å². The molecule has 0 saturated carbocycles. The number of nitrogens with two attached hydrogens (primary N) is 1. The average Bonchev–Trinajstić information content (AvgIpc) is 2.45. The molecule has 0 amide bonds. The highest BCUT2D eigenvalue weighted by atomic mass is 19.1. The number of anilines is 1. The summed E-state index contributed by atoms with van der Waals surface area (Å²) in [5.41, 5.74) is 7.13. The highest BCUT2D eigenvalue weighted by Crippen LogP contribution is 2.32. The number of aromatic nitrogens is 2. The van der Waals surface area contributed by atoms with Crippen LogP contribution in [0.15, 0.2) is 41.5 Å². The third-order valence-corrected chi connectivity index (χ3v) is 3.14. The van der Waals surface area contributed by atoms with Gasteiger partial charge in [0.15, 0.2) is 5.75 Å². The normalized spacial score (nSPS) is 10.8. The van der Waals surface area contributed by atoms with Crippen molar-refractivity contribution in [3.63, 3.8) is 0 Å². The molecular formula is C15H12FN3O2. The number of aryl methyl sites for hydroxylation is 1. The fraction of sp³-hybridized carbons (Fsp3) is 0.0667. The Morgan fingerprint density at radius 2 is 2.05 bits per heavy atom. The maximum atomic E-state index is 13.3. The molecular weight excluding hydrogens is 273 g/mol. The van der Waals surface area contributed by atoms with Crippen LogP contribution < -0.4 is 16.0 Å². The van der Waals surface area contributed by atoms with Gasteiger partial charge in [0, 0.05) is 12.1 Å². The molecule has 3 rings (SSSR count). The number of aromatic amines is 1. The van der Waals surface area contributed by atoms with Crippen LogP contribution >= 0.6 is 0 Å². The van der Waals surface area contributed by atoms with E-state index >= 15 is 0 Å². The van der Waals surface area contributed by atoms with Gasteiger partial charge in [-0.1, -0.05) is 6.07 Å². The fourth-order valence-corrected chi connectivity index (χ4v) is 2.00. The second kappa shape index (κ2) is 4.90. The number of nitrogens with one attached hydrogen (secondary N) is 1. The standard InChI is InChI=1S/C15H12FN3O2/c1-8-2-3-9(16)4-13(8)21-14-6-12-10(5-11(14)17)15(20)19-7-18-12/h2-7H,17H2,1H3,(H,18,19,20). The van der Waals surface area contributed by atoms with E-state index in [1.165, 1.54) is 24.5 Å². The number of benzene rings is 2. The average molecular weight is 285 g/mol. The highest BCUT2D eigenvalue weighted by Gasteiger charge is 2.10. The van der Waals surface area contributed by atoms with Gasteiger partial charge in [-0.05, 0) is 24.6 Å². The molecule has 3 N–H and O–H groups in total. The van der Waals surface area contributed by atoms with E-state index in [9.17, 15) is 9.18 Å². The van der Waals surface area contributed by atoms with Crippen molar-refractivity contribution >= 4 is 16.6 Å². The Balaban J connectivity index is 2.10. The Morgan fingerprint density at radius 3 is 2.86 bits per heavy atom. The van der Waals surface area contributed by atoms with Crippen molar-refractivity contribution in [2.45, 2.75) is 6.92 Å². The molecule has 0 spiro atoms. The monoisotopic (exact) mass is 285 g/mol. The minimum atomic E-state index is -0.399. The number of rotatable bonds is 2. The molecule has 0 fully saturated rings. The maximum absolute atomic E-state index is 13.3. The lowest BCUT2D eigenvalue weighted by molar-refractivity contribution is 0.475. The van der Waals surface area contributed by atoms with E-state index < -0.39 is 5.82 Å². The van der Waals surface area contributed by atoms with Crippen LogP contribution in [0.3, 0.4) is 0 Å². The van der Waals surface area contributed by atoms with Crippen molar-refractivity contribution in [3.8, 4) is 11.5 Å². The van der Waals surface area contributed by atoms with Crippen LogP contribution in [0.4, 0.5) is 10.1 Å². The number of hydrogen-bond donors (Lipinski definition) is 2. The van der Waals surface area contributed by atoms with Crippen molar-refractivity contribution in [2.24, 2.45) is 0 Å². The van der Waals surface area contributed by atoms with Gasteiger partial charge in [-0.15, -0.1) is 0 Å². The number of nitrogen functional groups attached to an aromatic ring is 1. The Hall–Kier alpha value is -2.89. The molecule has 0 aliphatic rings. The van der Waals surface area contributed by atoms with Crippen LogP contribution in [0.25, 0.3) is 10.9 Å². The first-order valence-electron chi connectivity index (χ1n) is 6.25. The first kappa shape index (κ1) is 13.1. The Kier molecular flexibility index (Phi) is 3.06. The first-order chi connectivity index (χ1) is 10.0. The minimum absolute atomic E-state index is 0.278. The Labute approximate surface area is 119 Å². The van der Waals surface area contributed by atoms with Gasteiger partial charge < -0.3 is 15.5 Å². The van der Waals surface area contributed by atoms with Crippen molar-refractivity contribution in [2.75, 3.05) is 5.73 Å². The molecule has 0 aliphatic carbocycles. The molecule has 0 atom stereocenters. The summed E-state index contributed by atoms with van der Waals surface area (Å²) in [6, 6.07) is 7.30. The van der Waals surface area contributed by atoms with Gasteiger partial charge in [-0.3, -0.25) is 4.79 Å². The summed E-state index contributed by atoms with van der Waals surface area (Å²) >= 11 is 0. The highest BCUT2D eigenvalue weighted by molar-refractivity contribution is 5.84. The molecule has 5 nitrogen and oxygen atoms in total. The second-order valence-electron chi connectivity index (χ2n) is 4.65. The van der Waals surface area contributed by atoms with E-state index in [2.05, 4.69) is 9.97 Å². The summed E-state index contributed by atoms with van der Waals surface area (Å²) < 4.78 is 18.9. The number of H-pyrrole nitrogens is 1. The van der Waals surface area contributed by atoms with Gasteiger partial charge >= 0.3 is 0 Å². The van der Waals surface area contributed by atoms with E-state index in [0.717, 1.165) is 5.56 Å². The van der Waals surface area contributed by atoms with Gasteiger partial charge in [0.05, 0.1) is 22.9 Å². The number of ether oxygens (including phenoxy) is 1. The van der Waals surface area contributed by atoms with Gasteiger partial charge in [-0.2, -0.15) is 0 Å². The molecule has 0 aliphatic heterocycles. The zero-order valence-electron chi connectivity index (χ0n) is 11.2. The van der Waals surface area contributed by atoms with Crippen molar-refractivity contribution in [1.82, 2.24) is 9.97 Å². The lowest BCUT2D eigenvalue weighted by Crippen LogP contribution is -2.07. The van der Waals surface area contributed by atoms with Crippen LogP contribution in [0.2, 0.25) is 0 Å². The number of hydrogen-bond acceptors (Lipinski definition) is 4. The molecule has 0 saturated heterocycles. The first-order valence-corrected chi connectivity index (χ1v) is 6.25. The molecule has 1 heterocycles. The van der Waals surface area contributed by atoms with Crippen molar-refractivity contribution < 1.29 is 9.13 Å². The molecule has 6 heteroatoms. The van der Waals surface area contributed by atoms with Crippen LogP contribution in [0, 0.1) is 12.7 Å². The summed E-state index contributed by atoms with van der Waals surface area (Å²) in [5.74, 6) is 0.296. The van der Waals surface area contributed by atoms with Crippen LogP contribution in [0.5, 0.6) is 11.5 Å². The summed E-state index contributed by atoms with van der Waals surface area (Å²) in [4.78, 5) is 18.2. The fourth-order valence-electron chi connectivity index (χ4n) is 2.00. The SMILES string of the molecule is Cc1ccc(F)cc1Oc1cc2nc[nH]c(=O)c2cc1N. The largest absolute Gasteiger partial charge is 0.455 e. The van der Waals surface area contributed by atoms with Gasteiger partial charge in [0.2, 0.25) is 0 Å². The van der Waals surface area contributed by atoms with Crippen molar-refractivity contribution in [1.29, 1.82) is 0 Å². The predicted molar refractivity (Wildman–Crippen MR) is 78.0 cm³/mol. The maximum Gasteiger partial charge on any atom is 0.258 e. The molecule has 3 aromatic rings. The summed E-state index contributed by atoms with van der Waals surface area (Å²) in [6.07, 6.45) is 1.30. The molecule has 106 valence electrons. The van der Waals surface area contributed by atoms with Crippen molar-refractivity contribution in [3.05, 3.63) is 58.4 Å². The summed E-state index contributed by atoms with van der Waals surface area (Å²) in [5, 5.41) is 0.373. The van der Waals surface area contributed by atoms with E-state index in [1.54, 1.807) is 19.1 Å². The number of nitrogens with zero attached hydrogens (tertiary/aromatic N) is 1. The van der Waals surface area contributed by atoms with Crippen LogP contribution in [-0.2, 0) is 0 Å². The lowest BCUT2D eigenvalue weighted by Gasteiger charge is -2.11. The Bertz CT molecular complexity index is 890. The number of halogens is 1. The molecule has 1 aromatic heterocycles. The summed E-state index contributed by atoms with van der Waals surface area (Å²) in [6.45, 7) is 1.80. The van der Waals surface area contributed by atoms with Crippen LogP contribution in [0.1, 0.15) is 5.56 Å². The number of fused-ring (bicyclic) bond motifs is 1. The van der Waals surface area contributed by atoms with Gasteiger partial charge in [0.1, 0.15) is 11.6 Å². The second-order valence-corrected chi connectivity index (χ2v) is 4.65. The zero-order chi connectivity index (χ0) is 15.0. The molecule has 21 heavy (non-hydrogen) atoms. The topological polar surface area (TPSA) is 81.0 Å². The van der Waals surface area contributed by atoms with Gasteiger partial charge in [-0.25, -0.2) is 9.37 Å². The molecule has 2 aromatic carbocycles. The third-order valence-electron chi connectivity index (χ3n) is 3.14. The molecule has 0 unspecified atom stereocenters. The minimum Gasteiger partial charge on any atom is -0.455 e. The van der Waals surface area contributed by atoms with Crippen LogP contribution in [-0.4, -0.2) is 9.97 Å². The van der Waals surface area contributed by atoms with E-state index in [0.29, 0.717) is 22.4 Å². The Morgan fingerprint density at radius 1 is 1.24 bits per heavy atom. The van der Waals surface area contributed by atoms with E-state index in [1.807, 2.05) is 0 Å². The predicted octanol–water partition coefficient (Wildman–Crippen LogP) is 2.75. The summed E-state index contributed by atoms with van der Waals surface area (Å²) in [7, 11) is 0. The van der Waals surface area contributed by atoms with Gasteiger partial charge in [0.25, 0.3) is 5.56 Å². The zero-order valence-corrected chi connectivity index (χ0v) is 11.2. The molecule has 0 radical (unpaired) electrons. The van der Waals surface area contributed by atoms with E-state index in [-0.39, 0.29) is 11.2 Å². The molecule has 0 bridgehead atoms. The quantitative estimate of drug-likeness (QED) is 0.709. The smallest absolute Gasteiger partial charge is 0.258 e. The lowest BCUT2D eigenvalue weighted by atomic mass is 10.2. The third kappa shape index (κ3) is 2.43.